The molecule has 5 heteroatoms. The van der Waals surface area contributed by atoms with Crippen molar-refractivity contribution in [3.8, 4) is 5.75 Å². The van der Waals surface area contributed by atoms with Crippen LogP contribution in [0.3, 0.4) is 0 Å². The van der Waals surface area contributed by atoms with E-state index in [9.17, 15) is 9.18 Å². The summed E-state index contributed by atoms with van der Waals surface area (Å²) in [6.45, 7) is 0. The van der Waals surface area contributed by atoms with E-state index in [1.165, 1.54) is 18.2 Å². The van der Waals surface area contributed by atoms with Gasteiger partial charge in [-0.1, -0.05) is 54.1 Å². The van der Waals surface area contributed by atoms with Gasteiger partial charge in [0.25, 0.3) is 5.91 Å². The summed E-state index contributed by atoms with van der Waals surface area (Å²) >= 11 is 5.80. The number of nitrogens with one attached hydrogen (secondary N) is 1. The molecular formula is C22H17ClFNO2. The van der Waals surface area contributed by atoms with E-state index < -0.39 is 5.82 Å². The molecule has 0 aromatic heterocycles. The van der Waals surface area contributed by atoms with Gasteiger partial charge in [-0.25, -0.2) is 4.39 Å². The number of hydrogen-bond donors (Lipinski definition) is 1. The standard InChI is InChI=1S/C22H17ClFNO2/c1-27-18-10-7-15(8-11-18)13-19(16-5-3-2-4-6-16)22(26)25-17-9-12-21(24)20(23)14-17/h2-14H,1H3,(H,25,26). The fourth-order valence-corrected chi connectivity index (χ4v) is 2.72. The number of anilines is 1. The Morgan fingerprint density at radius 2 is 1.74 bits per heavy atom. The lowest BCUT2D eigenvalue weighted by Gasteiger charge is -2.10. The molecule has 0 radical (unpaired) electrons. The summed E-state index contributed by atoms with van der Waals surface area (Å²) in [6, 6.07) is 20.8. The Hall–Kier alpha value is -3.11. The number of rotatable bonds is 5. The molecule has 27 heavy (non-hydrogen) atoms. The maximum Gasteiger partial charge on any atom is 0.256 e. The van der Waals surface area contributed by atoms with Crippen LogP contribution in [0.25, 0.3) is 11.6 Å². The lowest BCUT2D eigenvalue weighted by molar-refractivity contribution is -0.111. The van der Waals surface area contributed by atoms with Crippen LogP contribution < -0.4 is 10.1 Å². The number of methoxy groups -OCH3 is 1. The van der Waals surface area contributed by atoms with Crippen molar-refractivity contribution < 1.29 is 13.9 Å². The van der Waals surface area contributed by atoms with Gasteiger partial charge < -0.3 is 10.1 Å². The number of ether oxygens (including phenoxy) is 1. The number of halogens is 2. The SMILES string of the molecule is COc1ccc(C=C(C(=O)Nc2ccc(F)c(Cl)c2)c2ccccc2)cc1. The fraction of sp³-hybridized carbons (Fsp3) is 0.0455. The summed E-state index contributed by atoms with van der Waals surface area (Å²) < 4.78 is 18.5. The van der Waals surface area contributed by atoms with E-state index in [4.69, 9.17) is 16.3 Å². The molecule has 0 heterocycles. The van der Waals surface area contributed by atoms with Crippen molar-refractivity contribution in [3.05, 3.63) is 94.8 Å². The quantitative estimate of drug-likeness (QED) is 0.457. The topological polar surface area (TPSA) is 38.3 Å². The fourth-order valence-electron chi connectivity index (χ4n) is 2.54. The summed E-state index contributed by atoms with van der Waals surface area (Å²) in [6.07, 6.45) is 1.79. The number of carbonyl (C=O) groups is 1. The zero-order valence-electron chi connectivity index (χ0n) is 14.6. The Morgan fingerprint density at radius 1 is 1.04 bits per heavy atom. The van der Waals surface area contributed by atoms with Gasteiger partial charge in [0, 0.05) is 11.3 Å². The highest BCUT2D eigenvalue weighted by Crippen LogP contribution is 2.24. The smallest absolute Gasteiger partial charge is 0.256 e. The minimum absolute atomic E-state index is 0.0480. The van der Waals surface area contributed by atoms with Crippen molar-refractivity contribution in [1.29, 1.82) is 0 Å². The van der Waals surface area contributed by atoms with Crippen molar-refractivity contribution in [2.45, 2.75) is 0 Å². The van der Waals surface area contributed by atoms with Gasteiger partial charge in [0.05, 0.1) is 12.1 Å². The number of benzene rings is 3. The minimum Gasteiger partial charge on any atom is -0.497 e. The predicted octanol–water partition coefficient (Wildman–Crippen LogP) is 5.67. The molecule has 136 valence electrons. The van der Waals surface area contributed by atoms with Gasteiger partial charge in [0.15, 0.2) is 0 Å². The van der Waals surface area contributed by atoms with Crippen molar-refractivity contribution in [1.82, 2.24) is 0 Å². The van der Waals surface area contributed by atoms with Crippen LogP contribution in [-0.2, 0) is 4.79 Å². The first-order valence-electron chi connectivity index (χ1n) is 8.24. The number of hydrogen-bond acceptors (Lipinski definition) is 2. The minimum atomic E-state index is -0.535. The van der Waals surface area contributed by atoms with E-state index in [0.717, 1.165) is 16.9 Å². The summed E-state index contributed by atoms with van der Waals surface area (Å²) in [7, 11) is 1.60. The zero-order chi connectivity index (χ0) is 19.2. The third kappa shape index (κ3) is 4.74. The molecule has 3 aromatic carbocycles. The largest absolute Gasteiger partial charge is 0.497 e. The Labute approximate surface area is 162 Å². The molecule has 3 rings (SSSR count). The van der Waals surface area contributed by atoms with E-state index in [0.29, 0.717) is 11.3 Å². The van der Waals surface area contributed by atoms with E-state index in [1.807, 2.05) is 54.6 Å². The normalized spacial score (nSPS) is 11.1. The molecule has 1 N–H and O–H groups in total. The molecule has 0 aliphatic heterocycles. The monoisotopic (exact) mass is 381 g/mol. The highest BCUT2D eigenvalue weighted by atomic mass is 35.5. The first-order chi connectivity index (χ1) is 13.1. The van der Waals surface area contributed by atoms with Gasteiger partial charge in [-0.3, -0.25) is 4.79 Å². The van der Waals surface area contributed by atoms with Crippen LogP contribution in [0.2, 0.25) is 5.02 Å². The second kappa shape index (κ2) is 8.52. The molecule has 0 fully saturated rings. The van der Waals surface area contributed by atoms with Gasteiger partial charge in [-0.05, 0) is 47.5 Å². The van der Waals surface area contributed by atoms with Gasteiger partial charge in [-0.2, -0.15) is 0 Å². The molecule has 0 bridgehead atoms. The molecule has 0 aliphatic rings. The van der Waals surface area contributed by atoms with E-state index in [1.54, 1.807) is 13.2 Å². The van der Waals surface area contributed by atoms with Crippen LogP contribution in [-0.4, -0.2) is 13.0 Å². The highest BCUT2D eigenvalue weighted by Gasteiger charge is 2.13. The first kappa shape index (κ1) is 18.7. The summed E-state index contributed by atoms with van der Waals surface area (Å²) in [5.41, 5.74) is 2.50. The second-order valence-corrected chi connectivity index (χ2v) is 6.19. The highest BCUT2D eigenvalue weighted by molar-refractivity contribution is 6.32. The van der Waals surface area contributed by atoms with Crippen molar-refractivity contribution in [3.63, 3.8) is 0 Å². The number of carbonyl (C=O) groups excluding carboxylic acids is 1. The average Bonchev–Trinajstić information content (AvgIpc) is 2.70. The second-order valence-electron chi connectivity index (χ2n) is 5.78. The molecule has 0 saturated carbocycles. The Bertz CT molecular complexity index is 969. The lowest BCUT2D eigenvalue weighted by atomic mass is 10.0. The first-order valence-corrected chi connectivity index (χ1v) is 8.62. The molecular weight excluding hydrogens is 365 g/mol. The lowest BCUT2D eigenvalue weighted by Crippen LogP contribution is -2.13. The molecule has 3 nitrogen and oxygen atoms in total. The maximum absolute atomic E-state index is 13.3. The van der Waals surface area contributed by atoms with Crippen LogP contribution in [0.15, 0.2) is 72.8 Å². The Balaban J connectivity index is 1.94. The van der Waals surface area contributed by atoms with Crippen LogP contribution in [0, 0.1) is 5.82 Å². The van der Waals surface area contributed by atoms with E-state index in [2.05, 4.69) is 5.32 Å². The average molecular weight is 382 g/mol. The molecule has 0 unspecified atom stereocenters. The zero-order valence-corrected chi connectivity index (χ0v) is 15.3. The molecule has 0 saturated heterocycles. The third-order valence-electron chi connectivity index (χ3n) is 3.93. The van der Waals surface area contributed by atoms with Crippen LogP contribution in [0.5, 0.6) is 5.75 Å². The van der Waals surface area contributed by atoms with Crippen molar-refractivity contribution >= 4 is 34.8 Å². The van der Waals surface area contributed by atoms with E-state index >= 15 is 0 Å². The van der Waals surface area contributed by atoms with Gasteiger partial charge in [-0.15, -0.1) is 0 Å². The number of amides is 1. The molecule has 0 aliphatic carbocycles. The maximum atomic E-state index is 13.3. The van der Waals surface area contributed by atoms with Crippen LogP contribution >= 0.6 is 11.6 Å². The van der Waals surface area contributed by atoms with Gasteiger partial charge >= 0.3 is 0 Å². The van der Waals surface area contributed by atoms with E-state index in [-0.39, 0.29) is 10.9 Å². The molecule has 0 spiro atoms. The Morgan fingerprint density at radius 3 is 2.37 bits per heavy atom. The predicted molar refractivity (Wildman–Crippen MR) is 107 cm³/mol. The summed E-state index contributed by atoms with van der Waals surface area (Å²) in [5.74, 6) is -0.120. The molecule has 0 atom stereocenters. The molecule has 1 amide bonds. The molecule has 3 aromatic rings. The summed E-state index contributed by atoms with van der Waals surface area (Å²) in [5, 5.41) is 2.72. The van der Waals surface area contributed by atoms with Crippen molar-refractivity contribution in [2.24, 2.45) is 0 Å². The van der Waals surface area contributed by atoms with Gasteiger partial charge in [0.1, 0.15) is 11.6 Å². The summed E-state index contributed by atoms with van der Waals surface area (Å²) in [4.78, 5) is 12.9. The van der Waals surface area contributed by atoms with Gasteiger partial charge in [0.2, 0.25) is 0 Å². The third-order valence-corrected chi connectivity index (χ3v) is 4.22. The van der Waals surface area contributed by atoms with Crippen LogP contribution in [0.4, 0.5) is 10.1 Å². The van der Waals surface area contributed by atoms with Crippen molar-refractivity contribution in [2.75, 3.05) is 12.4 Å². The van der Waals surface area contributed by atoms with Crippen LogP contribution in [0.1, 0.15) is 11.1 Å². The Kier molecular flexibility index (Phi) is 5.89.